The summed E-state index contributed by atoms with van der Waals surface area (Å²) in [5.41, 5.74) is 0.610. The van der Waals surface area contributed by atoms with E-state index >= 15 is 0 Å². The SMILES string of the molecule is O=C(Nc1cnn(CC(F)(F)F)c1)c1ccc(Br)cc1. The van der Waals surface area contributed by atoms with E-state index in [1.807, 2.05) is 0 Å². The molecule has 0 saturated carbocycles. The molecule has 20 heavy (non-hydrogen) atoms. The summed E-state index contributed by atoms with van der Waals surface area (Å²) in [5.74, 6) is -0.413. The molecule has 1 heterocycles. The highest BCUT2D eigenvalue weighted by atomic mass is 79.9. The van der Waals surface area contributed by atoms with Crippen LogP contribution in [0, 0.1) is 0 Å². The van der Waals surface area contributed by atoms with E-state index in [1.165, 1.54) is 6.20 Å². The number of carbonyl (C=O) groups is 1. The summed E-state index contributed by atoms with van der Waals surface area (Å²) in [4.78, 5) is 11.8. The number of nitrogens with zero attached hydrogens (tertiary/aromatic N) is 2. The Hall–Kier alpha value is -1.83. The highest BCUT2D eigenvalue weighted by Gasteiger charge is 2.28. The number of hydrogen-bond donors (Lipinski definition) is 1. The van der Waals surface area contributed by atoms with Crippen LogP contribution < -0.4 is 5.32 Å². The van der Waals surface area contributed by atoms with Crippen LogP contribution in [0.1, 0.15) is 10.4 Å². The van der Waals surface area contributed by atoms with Crippen LogP contribution in [-0.4, -0.2) is 21.9 Å². The zero-order valence-electron chi connectivity index (χ0n) is 9.99. The first-order valence-electron chi connectivity index (χ1n) is 5.49. The van der Waals surface area contributed by atoms with Gasteiger partial charge >= 0.3 is 6.18 Å². The molecule has 0 unspecified atom stereocenters. The van der Waals surface area contributed by atoms with Crippen LogP contribution in [0.3, 0.4) is 0 Å². The van der Waals surface area contributed by atoms with Gasteiger partial charge in [-0.3, -0.25) is 9.48 Å². The smallest absolute Gasteiger partial charge is 0.319 e. The van der Waals surface area contributed by atoms with Gasteiger partial charge in [0.1, 0.15) is 6.54 Å². The van der Waals surface area contributed by atoms with Crippen molar-refractivity contribution in [1.82, 2.24) is 9.78 Å². The molecule has 0 spiro atoms. The van der Waals surface area contributed by atoms with Gasteiger partial charge in [0.15, 0.2) is 0 Å². The van der Waals surface area contributed by atoms with Crippen molar-refractivity contribution in [2.75, 3.05) is 5.32 Å². The van der Waals surface area contributed by atoms with E-state index in [2.05, 4.69) is 26.3 Å². The van der Waals surface area contributed by atoms with Crippen molar-refractivity contribution in [3.63, 3.8) is 0 Å². The van der Waals surface area contributed by atoms with E-state index in [0.717, 1.165) is 15.4 Å². The molecule has 2 aromatic rings. The second-order valence-electron chi connectivity index (χ2n) is 4.00. The van der Waals surface area contributed by atoms with Crippen molar-refractivity contribution < 1.29 is 18.0 Å². The molecule has 0 aliphatic heterocycles. The summed E-state index contributed by atoms with van der Waals surface area (Å²) in [7, 11) is 0. The zero-order chi connectivity index (χ0) is 14.8. The minimum atomic E-state index is -4.35. The van der Waals surface area contributed by atoms with Crippen molar-refractivity contribution in [3.8, 4) is 0 Å². The first-order chi connectivity index (χ1) is 9.33. The van der Waals surface area contributed by atoms with Crippen molar-refractivity contribution in [3.05, 3.63) is 46.7 Å². The number of anilines is 1. The Balaban J connectivity index is 2.03. The van der Waals surface area contributed by atoms with Crippen molar-refractivity contribution in [1.29, 1.82) is 0 Å². The maximum atomic E-state index is 12.2. The van der Waals surface area contributed by atoms with E-state index in [-0.39, 0.29) is 5.69 Å². The van der Waals surface area contributed by atoms with Crippen LogP contribution in [0.15, 0.2) is 41.1 Å². The molecule has 4 nitrogen and oxygen atoms in total. The lowest BCUT2D eigenvalue weighted by molar-refractivity contribution is -0.142. The third-order valence-electron chi connectivity index (χ3n) is 2.34. The van der Waals surface area contributed by atoms with Gasteiger partial charge in [0.25, 0.3) is 5.91 Å². The van der Waals surface area contributed by atoms with Crippen LogP contribution in [-0.2, 0) is 6.54 Å². The van der Waals surface area contributed by atoms with E-state index in [9.17, 15) is 18.0 Å². The Morgan fingerprint density at radius 2 is 1.95 bits per heavy atom. The van der Waals surface area contributed by atoms with Gasteiger partial charge in [-0.15, -0.1) is 0 Å². The van der Waals surface area contributed by atoms with E-state index < -0.39 is 18.6 Å². The highest BCUT2D eigenvalue weighted by molar-refractivity contribution is 9.10. The number of alkyl halides is 3. The maximum Gasteiger partial charge on any atom is 0.408 e. The van der Waals surface area contributed by atoms with E-state index in [1.54, 1.807) is 24.3 Å². The van der Waals surface area contributed by atoms with Gasteiger partial charge in [0.05, 0.1) is 11.9 Å². The van der Waals surface area contributed by atoms with Gasteiger partial charge in [-0.05, 0) is 24.3 Å². The third kappa shape index (κ3) is 4.09. The summed E-state index contributed by atoms with van der Waals surface area (Å²) < 4.78 is 38.0. The van der Waals surface area contributed by atoms with Gasteiger partial charge in [0.2, 0.25) is 0 Å². The zero-order valence-corrected chi connectivity index (χ0v) is 11.6. The number of nitrogens with one attached hydrogen (secondary N) is 1. The van der Waals surface area contributed by atoms with Crippen LogP contribution >= 0.6 is 15.9 Å². The molecule has 1 N–H and O–H groups in total. The molecule has 2 rings (SSSR count). The molecular formula is C12H9BrF3N3O. The fourth-order valence-corrected chi connectivity index (χ4v) is 1.77. The molecule has 106 valence electrons. The third-order valence-corrected chi connectivity index (χ3v) is 2.87. The standard InChI is InChI=1S/C12H9BrF3N3O/c13-9-3-1-8(2-4-9)11(20)18-10-5-17-19(6-10)7-12(14,15)16/h1-6H,7H2,(H,18,20). The Kier molecular flexibility index (Phi) is 4.12. The predicted molar refractivity (Wildman–Crippen MR) is 70.4 cm³/mol. The monoisotopic (exact) mass is 347 g/mol. The van der Waals surface area contributed by atoms with Gasteiger partial charge in [-0.1, -0.05) is 15.9 Å². The number of hydrogen-bond acceptors (Lipinski definition) is 2. The lowest BCUT2D eigenvalue weighted by Crippen LogP contribution is -2.18. The summed E-state index contributed by atoms with van der Waals surface area (Å²) in [5, 5.41) is 6.02. The molecule has 0 atom stereocenters. The molecule has 0 aliphatic carbocycles. The number of rotatable bonds is 3. The number of aromatic nitrogens is 2. The average molecular weight is 348 g/mol. The largest absolute Gasteiger partial charge is 0.408 e. The molecule has 0 bridgehead atoms. The molecule has 0 fully saturated rings. The van der Waals surface area contributed by atoms with Gasteiger partial charge < -0.3 is 5.32 Å². The Morgan fingerprint density at radius 3 is 2.55 bits per heavy atom. The Labute approximate surface area is 120 Å². The molecule has 1 amide bonds. The van der Waals surface area contributed by atoms with Crippen molar-refractivity contribution in [2.24, 2.45) is 0 Å². The van der Waals surface area contributed by atoms with Crippen LogP contribution in [0.5, 0.6) is 0 Å². The second-order valence-corrected chi connectivity index (χ2v) is 4.92. The molecular weight excluding hydrogens is 339 g/mol. The average Bonchev–Trinajstić information content (AvgIpc) is 2.74. The Morgan fingerprint density at radius 1 is 1.30 bits per heavy atom. The quantitative estimate of drug-likeness (QED) is 0.924. The molecule has 8 heteroatoms. The first kappa shape index (κ1) is 14.6. The molecule has 0 saturated heterocycles. The van der Waals surface area contributed by atoms with Crippen molar-refractivity contribution in [2.45, 2.75) is 12.7 Å². The number of benzene rings is 1. The fraction of sp³-hybridized carbons (Fsp3) is 0.167. The highest BCUT2D eigenvalue weighted by Crippen LogP contribution is 2.18. The van der Waals surface area contributed by atoms with Crippen LogP contribution in [0.25, 0.3) is 0 Å². The van der Waals surface area contributed by atoms with Gasteiger partial charge in [-0.2, -0.15) is 18.3 Å². The lowest BCUT2D eigenvalue weighted by Gasteiger charge is -2.05. The maximum absolute atomic E-state index is 12.2. The topological polar surface area (TPSA) is 46.9 Å². The Bertz CT molecular complexity index is 607. The molecule has 1 aromatic heterocycles. The fourth-order valence-electron chi connectivity index (χ4n) is 1.50. The summed E-state index contributed by atoms with van der Waals surface area (Å²) in [6.45, 7) is -1.19. The normalized spacial score (nSPS) is 11.4. The molecule has 0 aliphatic rings. The summed E-state index contributed by atoms with van der Waals surface area (Å²) in [6, 6.07) is 6.59. The van der Waals surface area contributed by atoms with Crippen molar-refractivity contribution >= 4 is 27.5 Å². The molecule has 1 aromatic carbocycles. The predicted octanol–water partition coefficient (Wildman–Crippen LogP) is 3.46. The summed E-state index contributed by atoms with van der Waals surface area (Å²) in [6.07, 6.45) is -2.05. The van der Waals surface area contributed by atoms with Gasteiger partial charge in [-0.25, -0.2) is 0 Å². The summed E-state index contributed by atoms with van der Waals surface area (Å²) >= 11 is 3.24. The second kappa shape index (κ2) is 5.66. The number of carbonyl (C=O) groups excluding carboxylic acids is 1. The van der Waals surface area contributed by atoms with Crippen LogP contribution in [0.2, 0.25) is 0 Å². The lowest BCUT2D eigenvalue weighted by atomic mass is 10.2. The minimum Gasteiger partial charge on any atom is -0.319 e. The van der Waals surface area contributed by atoms with E-state index in [4.69, 9.17) is 0 Å². The van der Waals surface area contributed by atoms with Gasteiger partial charge in [0, 0.05) is 16.2 Å². The van der Waals surface area contributed by atoms with Crippen LogP contribution in [0.4, 0.5) is 18.9 Å². The van der Waals surface area contributed by atoms with E-state index in [0.29, 0.717) is 5.56 Å². The number of amides is 1. The number of halogens is 4. The minimum absolute atomic E-state index is 0.210. The first-order valence-corrected chi connectivity index (χ1v) is 6.29. The molecule has 0 radical (unpaired) electrons.